The molecule has 68 valence electrons. The summed E-state index contributed by atoms with van der Waals surface area (Å²) in [6.07, 6.45) is 3.28. The van der Waals surface area contributed by atoms with E-state index < -0.39 is 9.84 Å². The molecule has 11 heavy (non-hydrogen) atoms. The van der Waals surface area contributed by atoms with Gasteiger partial charge in [-0.2, -0.15) is 0 Å². The van der Waals surface area contributed by atoms with Crippen molar-refractivity contribution in [3.8, 4) is 0 Å². The normalized spacial score (nSPS) is 20.5. The van der Waals surface area contributed by atoms with Crippen LogP contribution in [-0.4, -0.2) is 33.0 Å². The summed E-state index contributed by atoms with van der Waals surface area (Å²) in [5.74, 6) is 0.288. The van der Waals surface area contributed by atoms with E-state index in [1.54, 1.807) is 0 Å². The zero-order chi connectivity index (χ0) is 7.83. The minimum Gasteiger partial charge on any atom is -0.313 e. The van der Waals surface area contributed by atoms with Gasteiger partial charge in [-0.15, -0.1) is 12.4 Å². The lowest BCUT2D eigenvalue weighted by Crippen LogP contribution is -2.34. The van der Waals surface area contributed by atoms with Gasteiger partial charge in [-0.25, -0.2) is 8.42 Å². The fourth-order valence-electron chi connectivity index (χ4n) is 1.12. The third-order valence-corrected chi connectivity index (χ3v) is 3.00. The van der Waals surface area contributed by atoms with Crippen molar-refractivity contribution in [2.75, 3.05) is 19.1 Å². The van der Waals surface area contributed by atoms with Crippen molar-refractivity contribution >= 4 is 22.2 Å². The van der Waals surface area contributed by atoms with Gasteiger partial charge in [0.2, 0.25) is 0 Å². The molecule has 0 aliphatic heterocycles. The zero-order valence-electron chi connectivity index (χ0n) is 6.75. The summed E-state index contributed by atoms with van der Waals surface area (Å²) in [5.41, 5.74) is -0.0619. The molecule has 1 fully saturated rings. The molecule has 0 heterocycles. The number of hydrogen-bond donors (Lipinski definition) is 1. The van der Waals surface area contributed by atoms with Crippen molar-refractivity contribution in [3.63, 3.8) is 0 Å². The molecule has 1 N–H and O–H groups in total. The second-order valence-electron chi connectivity index (χ2n) is 3.10. The van der Waals surface area contributed by atoms with Gasteiger partial charge in [-0.1, -0.05) is 0 Å². The van der Waals surface area contributed by atoms with E-state index in [0.29, 0.717) is 0 Å². The first-order valence-corrected chi connectivity index (χ1v) is 5.40. The highest BCUT2D eigenvalue weighted by Crippen LogP contribution is 2.35. The summed E-state index contributed by atoms with van der Waals surface area (Å²) in [7, 11) is -0.976. The Morgan fingerprint density at radius 2 is 1.91 bits per heavy atom. The van der Waals surface area contributed by atoms with Crippen LogP contribution in [0.4, 0.5) is 0 Å². The van der Waals surface area contributed by atoms with Crippen molar-refractivity contribution in [1.29, 1.82) is 0 Å². The van der Waals surface area contributed by atoms with Crippen molar-refractivity contribution in [3.05, 3.63) is 0 Å². The zero-order valence-corrected chi connectivity index (χ0v) is 8.39. The molecule has 1 rings (SSSR count). The predicted octanol–water partition coefficient (Wildman–Crippen LogP) is 0.205. The smallest absolute Gasteiger partial charge is 0.149 e. The first kappa shape index (κ1) is 11.2. The van der Waals surface area contributed by atoms with E-state index in [1.165, 1.54) is 6.26 Å². The van der Waals surface area contributed by atoms with E-state index in [4.69, 9.17) is 0 Å². The van der Waals surface area contributed by atoms with Gasteiger partial charge in [-0.3, -0.25) is 0 Å². The molecule has 1 saturated carbocycles. The van der Waals surface area contributed by atoms with E-state index in [2.05, 4.69) is 5.32 Å². The molecule has 0 radical (unpaired) electrons. The number of rotatable bonds is 3. The molecular formula is C6H14ClNO2S. The molecule has 0 unspecified atom stereocenters. The summed E-state index contributed by atoms with van der Waals surface area (Å²) in [4.78, 5) is 0. The molecule has 0 spiro atoms. The first-order chi connectivity index (χ1) is 4.47. The molecule has 0 aromatic carbocycles. The van der Waals surface area contributed by atoms with E-state index in [9.17, 15) is 8.42 Å². The van der Waals surface area contributed by atoms with Gasteiger partial charge >= 0.3 is 0 Å². The number of sulfone groups is 1. The minimum absolute atomic E-state index is 0. The average Bonchev–Trinajstić information content (AvgIpc) is 2.45. The Kier molecular flexibility index (Phi) is 3.35. The summed E-state index contributed by atoms with van der Waals surface area (Å²) in [6, 6.07) is 0. The van der Waals surface area contributed by atoms with Crippen LogP contribution < -0.4 is 5.32 Å². The summed E-state index contributed by atoms with van der Waals surface area (Å²) >= 11 is 0. The third kappa shape index (κ3) is 3.40. The average molecular weight is 200 g/mol. The molecule has 1 aliphatic carbocycles. The van der Waals surface area contributed by atoms with Gasteiger partial charge in [0.1, 0.15) is 9.84 Å². The van der Waals surface area contributed by atoms with Crippen LogP contribution in [0.25, 0.3) is 0 Å². The molecule has 0 aromatic heterocycles. The van der Waals surface area contributed by atoms with Gasteiger partial charge in [0.05, 0.1) is 5.75 Å². The van der Waals surface area contributed by atoms with E-state index in [-0.39, 0.29) is 23.7 Å². The summed E-state index contributed by atoms with van der Waals surface area (Å²) in [6.45, 7) is 0. The molecule has 0 atom stereocenters. The van der Waals surface area contributed by atoms with Gasteiger partial charge in [0, 0.05) is 11.8 Å². The lowest BCUT2D eigenvalue weighted by atomic mass is 10.3. The summed E-state index contributed by atoms with van der Waals surface area (Å²) < 4.78 is 21.6. The molecule has 5 heteroatoms. The molecular weight excluding hydrogens is 186 g/mol. The topological polar surface area (TPSA) is 46.2 Å². The molecule has 0 amide bonds. The molecule has 0 aromatic rings. The maximum absolute atomic E-state index is 10.8. The Labute approximate surface area is 73.9 Å². The van der Waals surface area contributed by atoms with Crippen LogP contribution >= 0.6 is 12.4 Å². The maximum atomic E-state index is 10.8. The fraction of sp³-hybridized carbons (Fsp3) is 1.00. The molecule has 3 nitrogen and oxygen atoms in total. The third-order valence-electron chi connectivity index (χ3n) is 1.92. The fourth-order valence-corrected chi connectivity index (χ4v) is 2.56. The van der Waals surface area contributed by atoms with Gasteiger partial charge in [0.15, 0.2) is 0 Å². The Morgan fingerprint density at radius 3 is 2.00 bits per heavy atom. The maximum Gasteiger partial charge on any atom is 0.149 e. The molecule has 1 aliphatic rings. The first-order valence-electron chi connectivity index (χ1n) is 3.34. The van der Waals surface area contributed by atoms with Crippen LogP contribution in [0.2, 0.25) is 0 Å². The van der Waals surface area contributed by atoms with Gasteiger partial charge in [0.25, 0.3) is 0 Å². The van der Waals surface area contributed by atoms with Crippen LogP contribution in [0.15, 0.2) is 0 Å². The predicted molar refractivity (Wildman–Crippen MR) is 48.0 cm³/mol. The Morgan fingerprint density at radius 1 is 1.45 bits per heavy atom. The van der Waals surface area contributed by atoms with Gasteiger partial charge in [-0.05, 0) is 19.9 Å². The van der Waals surface area contributed by atoms with Crippen LogP contribution in [0, 0.1) is 0 Å². The van der Waals surface area contributed by atoms with Crippen LogP contribution in [-0.2, 0) is 9.84 Å². The van der Waals surface area contributed by atoms with E-state index in [0.717, 1.165) is 12.8 Å². The van der Waals surface area contributed by atoms with Crippen LogP contribution in [0.5, 0.6) is 0 Å². The summed E-state index contributed by atoms with van der Waals surface area (Å²) in [5, 5.41) is 3.03. The Balaban J connectivity index is 0.000001000. The van der Waals surface area contributed by atoms with E-state index >= 15 is 0 Å². The lowest BCUT2D eigenvalue weighted by Gasteiger charge is -2.10. The number of hydrogen-bond acceptors (Lipinski definition) is 3. The quantitative estimate of drug-likeness (QED) is 0.707. The van der Waals surface area contributed by atoms with Gasteiger partial charge < -0.3 is 5.32 Å². The largest absolute Gasteiger partial charge is 0.313 e. The SMILES string of the molecule is CNC1(CS(C)(=O)=O)CC1.Cl. The van der Waals surface area contributed by atoms with Crippen molar-refractivity contribution < 1.29 is 8.42 Å². The van der Waals surface area contributed by atoms with Crippen molar-refractivity contribution in [1.82, 2.24) is 5.32 Å². The molecule has 0 saturated heterocycles. The monoisotopic (exact) mass is 199 g/mol. The lowest BCUT2D eigenvalue weighted by molar-refractivity contribution is 0.564. The number of halogens is 1. The Bertz CT molecular complexity index is 221. The molecule has 0 bridgehead atoms. The standard InChI is InChI=1S/C6H13NO2S.ClH/c1-7-6(3-4-6)5-10(2,8)9;/h7H,3-5H2,1-2H3;1H. The van der Waals surface area contributed by atoms with E-state index in [1.807, 2.05) is 7.05 Å². The second-order valence-corrected chi connectivity index (χ2v) is 5.24. The second kappa shape index (κ2) is 3.29. The Hall–Kier alpha value is 0.200. The van der Waals surface area contributed by atoms with Crippen LogP contribution in [0.1, 0.15) is 12.8 Å². The highest BCUT2D eigenvalue weighted by Gasteiger charge is 2.43. The minimum atomic E-state index is -2.79. The highest BCUT2D eigenvalue weighted by atomic mass is 35.5. The van der Waals surface area contributed by atoms with Crippen molar-refractivity contribution in [2.45, 2.75) is 18.4 Å². The number of nitrogens with one attached hydrogen (secondary N) is 1. The highest BCUT2D eigenvalue weighted by molar-refractivity contribution is 7.90. The van der Waals surface area contributed by atoms with Crippen LogP contribution in [0.3, 0.4) is 0 Å². The van der Waals surface area contributed by atoms with Crippen molar-refractivity contribution in [2.24, 2.45) is 0 Å².